The molecule has 3 rings (SSSR count). The predicted molar refractivity (Wildman–Crippen MR) is 93.4 cm³/mol. The fraction of sp³-hybridized carbons (Fsp3) is 0.0588. The number of aromatic hydroxyl groups is 1. The molecule has 0 saturated heterocycles. The second-order valence-corrected chi connectivity index (χ2v) is 5.59. The monoisotopic (exact) mass is 325 g/mol. The average Bonchev–Trinajstić information content (AvgIpc) is 3.06. The van der Waals surface area contributed by atoms with Gasteiger partial charge in [-0.05, 0) is 54.1 Å². The Labute approximate surface area is 137 Å². The van der Waals surface area contributed by atoms with E-state index in [2.05, 4.69) is 15.5 Å². The smallest absolute Gasteiger partial charge is 0.203 e. The Morgan fingerprint density at radius 1 is 1.13 bits per heavy atom. The van der Waals surface area contributed by atoms with Gasteiger partial charge < -0.3 is 9.84 Å². The largest absolute Gasteiger partial charge is 0.508 e. The number of hydrazone groups is 1. The van der Waals surface area contributed by atoms with Crippen LogP contribution in [-0.2, 0) is 0 Å². The van der Waals surface area contributed by atoms with Crippen molar-refractivity contribution in [2.24, 2.45) is 5.10 Å². The number of benzene rings is 2. The van der Waals surface area contributed by atoms with Crippen LogP contribution in [0.4, 0.5) is 5.13 Å². The van der Waals surface area contributed by atoms with Gasteiger partial charge in [0.15, 0.2) is 0 Å². The molecule has 0 amide bonds. The molecule has 0 atom stereocenters. The molecule has 0 bridgehead atoms. The first-order valence-electron chi connectivity index (χ1n) is 6.92. The zero-order valence-corrected chi connectivity index (χ0v) is 13.2. The summed E-state index contributed by atoms with van der Waals surface area (Å²) in [6.07, 6.45) is 1.67. The molecule has 5 nitrogen and oxygen atoms in total. The second-order valence-electron chi connectivity index (χ2n) is 4.73. The third kappa shape index (κ3) is 3.87. The van der Waals surface area contributed by atoms with Crippen LogP contribution in [0.25, 0.3) is 11.3 Å². The zero-order valence-electron chi connectivity index (χ0n) is 12.4. The van der Waals surface area contributed by atoms with Crippen molar-refractivity contribution in [1.29, 1.82) is 0 Å². The molecule has 0 unspecified atom stereocenters. The Morgan fingerprint density at radius 3 is 2.57 bits per heavy atom. The van der Waals surface area contributed by atoms with E-state index in [0.717, 1.165) is 22.6 Å². The molecule has 0 fully saturated rings. The summed E-state index contributed by atoms with van der Waals surface area (Å²) < 4.78 is 5.15. The van der Waals surface area contributed by atoms with Gasteiger partial charge in [-0.2, -0.15) is 5.10 Å². The van der Waals surface area contributed by atoms with Crippen LogP contribution >= 0.6 is 11.3 Å². The molecule has 23 heavy (non-hydrogen) atoms. The van der Waals surface area contributed by atoms with Gasteiger partial charge in [0.2, 0.25) is 5.13 Å². The standard InChI is InChI=1S/C17H15N3O2S/c1-22-15-8-4-13(5-9-15)16-11-23-17(19-16)20-18-10-12-2-6-14(21)7-3-12/h2-11,21H,1H3,(H,19,20). The van der Waals surface area contributed by atoms with Crippen molar-refractivity contribution in [2.75, 3.05) is 12.5 Å². The highest BCUT2D eigenvalue weighted by molar-refractivity contribution is 7.14. The molecule has 3 aromatic rings. The number of phenolic OH excluding ortho intramolecular Hbond substituents is 1. The summed E-state index contributed by atoms with van der Waals surface area (Å²) in [6.45, 7) is 0. The molecule has 0 aliphatic heterocycles. The van der Waals surface area contributed by atoms with Gasteiger partial charge in [0.25, 0.3) is 0 Å². The summed E-state index contributed by atoms with van der Waals surface area (Å²) in [5, 5.41) is 16.1. The minimum absolute atomic E-state index is 0.235. The molecule has 0 aliphatic carbocycles. The van der Waals surface area contributed by atoms with Crippen LogP contribution < -0.4 is 10.2 Å². The topological polar surface area (TPSA) is 66.7 Å². The number of hydrogen-bond acceptors (Lipinski definition) is 6. The van der Waals surface area contributed by atoms with Crippen LogP contribution in [0.3, 0.4) is 0 Å². The normalized spacial score (nSPS) is 10.8. The van der Waals surface area contributed by atoms with Crippen molar-refractivity contribution in [3.63, 3.8) is 0 Å². The summed E-state index contributed by atoms with van der Waals surface area (Å²) in [5.74, 6) is 1.06. The Bertz CT molecular complexity index is 795. The number of phenols is 1. The van der Waals surface area contributed by atoms with Crippen LogP contribution in [0.5, 0.6) is 11.5 Å². The fourth-order valence-corrected chi connectivity index (χ4v) is 2.61. The maximum Gasteiger partial charge on any atom is 0.203 e. The number of aromatic nitrogens is 1. The van der Waals surface area contributed by atoms with Crippen molar-refractivity contribution in [2.45, 2.75) is 0 Å². The van der Waals surface area contributed by atoms with Gasteiger partial charge in [-0.25, -0.2) is 4.98 Å². The maximum atomic E-state index is 9.23. The van der Waals surface area contributed by atoms with Gasteiger partial charge in [-0.15, -0.1) is 11.3 Å². The minimum Gasteiger partial charge on any atom is -0.508 e. The fourth-order valence-electron chi connectivity index (χ4n) is 1.94. The third-order valence-electron chi connectivity index (χ3n) is 3.16. The van der Waals surface area contributed by atoms with Crippen LogP contribution in [0.1, 0.15) is 5.56 Å². The molecule has 0 saturated carbocycles. The van der Waals surface area contributed by atoms with Crippen molar-refractivity contribution < 1.29 is 9.84 Å². The quantitative estimate of drug-likeness (QED) is 0.550. The molecule has 1 heterocycles. The number of nitrogens with zero attached hydrogens (tertiary/aromatic N) is 2. The molecule has 1 aromatic heterocycles. The number of hydrogen-bond donors (Lipinski definition) is 2. The van der Waals surface area contributed by atoms with Crippen molar-refractivity contribution in [3.8, 4) is 22.8 Å². The Morgan fingerprint density at radius 2 is 1.87 bits per heavy atom. The highest BCUT2D eigenvalue weighted by atomic mass is 32.1. The first kappa shape index (κ1) is 15.1. The SMILES string of the molecule is COc1ccc(-c2csc(NN=Cc3ccc(O)cc3)n2)cc1. The predicted octanol–water partition coefficient (Wildman–Crippen LogP) is 3.97. The van der Waals surface area contributed by atoms with Gasteiger partial charge in [0.05, 0.1) is 19.0 Å². The van der Waals surface area contributed by atoms with E-state index in [0.29, 0.717) is 5.13 Å². The highest BCUT2D eigenvalue weighted by Crippen LogP contribution is 2.26. The lowest BCUT2D eigenvalue weighted by Gasteiger charge is -2.00. The van der Waals surface area contributed by atoms with Crippen LogP contribution in [0.2, 0.25) is 0 Å². The average molecular weight is 325 g/mol. The highest BCUT2D eigenvalue weighted by Gasteiger charge is 2.04. The van der Waals surface area contributed by atoms with Gasteiger partial charge >= 0.3 is 0 Å². The number of ether oxygens (including phenoxy) is 1. The summed E-state index contributed by atoms with van der Waals surface area (Å²) in [5.41, 5.74) is 5.72. The lowest BCUT2D eigenvalue weighted by atomic mass is 10.2. The van der Waals surface area contributed by atoms with Gasteiger partial charge in [-0.1, -0.05) is 0 Å². The van der Waals surface area contributed by atoms with E-state index in [1.165, 1.54) is 11.3 Å². The molecule has 0 spiro atoms. The second kappa shape index (κ2) is 6.93. The van der Waals surface area contributed by atoms with Gasteiger partial charge in [0.1, 0.15) is 11.5 Å². The molecular weight excluding hydrogens is 310 g/mol. The first-order chi connectivity index (χ1) is 11.2. The van der Waals surface area contributed by atoms with E-state index in [-0.39, 0.29) is 5.75 Å². The van der Waals surface area contributed by atoms with Crippen molar-refractivity contribution in [3.05, 3.63) is 59.5 Å². The van der Waals surface area contributed by atoms with Gasteiger partial charge in [0, 0.05) is 10.9 Å². The lowest BCUT2D eigenvalue weighted by Crippen LogP contribution is -1.90. The number of anilines is 1. The summed E-state index contributed by atoms with van der Waals surface area (Å²) in [6, 6.07) is 14.6. The zero-order chi connectivity index (χ0) is 16.1. The van der Waals surface area contributed by atoms with E-state index in [1.54, 1.807) is 37.6 Å². The molecule has 2 aromatic carbocycles. The Balaban J connectivity index is 1.65. The molecule has 0 aliphatic rings. The first-order valence-corrected chi connectivity index (χ1v) is 7.80. The minimum atomic E-state index is 0.235. The number of thiazole rings is 1. The number of rotatable bonds is 5. The maximum absolute atomic E-state index is 9.23. The Kier molecular flexibility index (Phi) is 4.54. The van der Waals surface area contributed by atoms with E-state index in [9.17, 15) is 5.11 Å². The summed E-state index contributed by atoms with van der Waals surface area (Å²) in [7, 11) is 1.64. The van der Waals surface area contributed by atoms with Crippen LogP contribution in [0.15, 0.2) is 59.0 Å². The van der Waals surface area contributed by atoms with Crippen LogP contribution in [-0.4, -0.2) is 23.4 Å². The van der Waals surface area contributed by atoms with Gasteiger partial charge in [-0.3, -0.25) is 5.43 Å². The van der Waals surface area contributed by atoms with E-state index < -0.39 is 0 Å². The summed E-state index contributed by atoms with van der Waals surface area (Å²) in [4.78, 5) is 4.49. The van der Waals surface area contributed by atoms with E-state index in [4.69, 9.17) is 4.74 Å². The van der Waals surface area contributed by atoms with E-state index >= 15 is 0 Å². The molecule has 6 heteroatoms. The molecule has 2 N–H and O–H groups in total. The van der Waals surface area contributed by atoms with Crippen molar-refractivity contribution in [1.82, 2.24) is 4.98 Å². The van der Waals surface area contributed by atoms with Crippen LogP contribution in [0, 0.1) is 0 Å². The number of methoxy groups -OCH3 is 1. The van der Waals surface area contributed by atoms with E-state index in [1.807, 2.05) is 29.6 Å². The summed E-state index contributed by atoms with van der Waals surface area (Å²) >= 11 is 1.48. The molecule has 116 valence electrons. The number of nitrogens with one attached hydrogen (secondary N) is 1. The lowest BCUT2D eigenvalue weighted by molar-refractivity contribution is 0.415. The van der Waals surface area contributed by atoms with Crippen molar-refractivity contribution >= 4 is 22.7 Å². The molecular formula is C17H15N3O2S. The Hall–Kier alpha value is -2.86. The third-order valence-corrected chi connectivity index (χ3v) is 3.90. The molecule has 0 radical (unpaired) electrons.